The second kappa shape index (κ2) is 9.33. The van der Waals surface area contributed by atoms with Gasteiger partial charge in [-0.05, 0) is 30.4 Å². The highest BCUT2D eigenvalue weighted by Gasteiger charge is 2.28. The molecule has 0 spiro atoms. The van der Waals surface area contributed by atoms with Gasteiger partial charge >= 0.3 is 12.6 Å². The molecule has 23 heavy (non-hydrogen) atoms. The molecule has 0 bridgehead atoms. The highest BCUT2D eigenvalue weighted by molar-refractivity contribution is 5.86. The predicted octanol–water partition coefficient (Wildman–Crippen LogP) is 4.37. The number of ether oxygens (including phenoxy) is 1. The van der Waals surface area contributed by atoms with E-state index in [-0.39, 0.29) is 11.9 Å². The van der Waals surface area contributed by atoms with Crippen LogP contribution in [0.3, 0.4) is 0 Å². The minimum atomic E-state index is -3.67. The van der Waals surface area contributed by atoms with Gasteiger partial charge in [-0.25, -0.2) is 0 Å². The average molecular weight is 330 g/mol. The van der Waals surface area contributed by atoms with Crippen LogP contribution in [0.1, 0.15) is 56.1 Å². The van der Waals surface area contributed by atoms with E-state index in [4.69, 9.17) is 4.74 Å². The maximum absolute atomic E-state index is 11.8. The molecule has 0 aromatic heterocycles. The molecule has 0 radical (unpaired) electrons. The summed E-state index contributed by atoms with van der Waals surface area (Å²) in [5.74, 6) is 0.379. The van der Waals surface area contributed by atoms with Crippen LogP contribution in [0.15, 0.2) is 24.3 Å². The summed E-state index contributed by atoms with van der Waals surface area (Å²) in [7, 11) is 0. The molecule has 0 saturated heterocycles. The molecule has 1 fully saturated rings. The number of halogens is 3. The molecule has 0 aliphatic heterocycles. The third-order valence-corrected chi connectivity index (χ3v) is 3.74. The van der Waals surface area contributed by atoms with E-state index in [1.807, 2.05) is 38.1 Å². The molecule has 128 valence electrons. The third-order valence-electron chi connectivity index (χ3n) is 3.74. The van der Waals surface area contributed by atoms with Crippen molar-refractivity contribution in [1.82, 2.24) is 0 Å². The Labute approximate surface area is 133 Å². The normalized spacial score (nSPS) is 15.5. The number of benzene rings is 1. The number of carbonyl (C=O) groups excluding carboxylic acids is 2. The highest BCUT2D eigenvalue weighted by Crippen LogP contribution is 2.34. The van der Waals surface area contributed by atoms with Crippen LogP contribution in [0.5, 0.6) is 0 Å². The lowest BCUT2D eigenvalue weighted by molar-refractivity contribution is -0.145. The second-order valence-corrected chi connectivity index (χ2v) is 5.27. The van der Waals surface area contributed by atoms with Crippen LogP contribution in [0, 0.1) is 0 Å². The fraction of sp³-hybridized carbons (Fsp3) is 0.529. The number of ketones is 1. The third kappa shape index (κ3) is 6.04. The van der Waals surface area contributed by atoms with E-state index < -0.39 is 6.68 Å². The Morgan fingerprint density at radius 3 is 2.09 bits per heavy atom. The number of carbonyl (C=O) groups is 2. The number of alkyl halides is 3. The number of Topliss-reactive ketones (excluding diaryl/α,β-unsaturated/α-hetero) is 1. The van der Waals surface area contributed by atoms with Gasteiger partial charge in [-0.2, -0.15) is 13.2 Å². The van der Waals surface area contributed by atoms with Crippen LogP contribution in [0.4, 0.5) is 13.2 Å². The summed E-state index contributed by atoms with van der Waals surface area (Å²) in [6, 6.07) is 8.05. The summed E-state index contributed by atoms with van der Waals surface area (Å²) in [6.45, 7) is 0.555. The molecule has 1 unspecified atom stereocenters. The van der Waals surface area contributed by atoms with Crippen LogP contribution in [0.25, 0.3) is 0 Å². The molecular weight excluding hydrogens is 309 g/mol. The Bertz CT molecular complexity index is 504. The van der Waals surface area contributed by atoms with Crippen LogP contribution in [-0.2, 0) is 14.3 Å². The summed E-state index contributed by atoms with van der Waals surface area (Å²) in [6.07, 6.45) is 2.06. The molecule has 1 atom stereocenters. The topological polar surface area (TPSA) is 43.4 Å². The van der Waals surface area contributed by atoms with E-state index in [9.17, 15) is 22.8 Å². The first-order valence-corrected chi connectivity index (χ1v) is 7.59. The summed E-state index contributed by atoms with van der Waals surface area (Å²) in [5.41, 5.74) is 2.19. The standard InChI is InChI=1S/C16H20O3.CHF3/c1-3-15(16(18)19-4-2)12-7-5-11(6-8-12)13-9-14(17)10-13;2-1(3)4/h5-8,13,15H,3-4,9-10H2,1-2H3;1H. The molecule has 1 aromatic carbocycles. The largest absolute Gasteiger partial charge is 0.466 e. The van der Waals surface area contributed by atoms with Crippen molar-refractivity contribution >= 4 is 11.8 Å². The Kier molecular flexibility index (Phi) is 7.78. The quantitative estimate of drug-likeness (QED) is 0.753. The van der Waals surface area contributed by atoms with E-state index in [1.54, 1.807) is 0 Å². The van der Waals surface area contributed by atoms with Crippen LogP contribution < -0.4 is 0 Å². The zero-order valence-electron chi connectivity index (χ0n) is 13.2. The lowest BCUT2D eigenvalue weighted by atomic mass is 9.78. The molecule has 6 heteroatoms. The van der Waals surface area contributed by atoms with Crippen LogP contribution in [-0.4, -0.2) is 25.0 Å². The molecule has 3 nitrogen and oxygen atoms in total. The Balaban J connectivity index is 0.000000593. The highest BCUT2D eigenvalue weighted by atomic mass is 19.4. The number of rotatable bonds is 5. The van der Waals surface area contributed by atoms with E-state index >= 15 is 0 Å². The van der Waals surface area contributed by atoms with E-state index in [1.165, 1.54) is 5.56 Å². The van der Waals surface area contributed by atoms with Crippen LogP contribution >= 0.6 is 0 Å². The molecule has 0 N–H and O–H groups in total. The second-order valence-electron chi connectivity index (χ2n) is 5.27. The van der Waals surface area contributed by atoms with Gasteiger partial charge in [-0.1, -0.05) is 31.2 Å². The van der Waals surface area contributed by atoms with Gasteiger partial charge in [0.25, 0.3) is 0 Å². The van der Waals surface area contributed by atoms with Crippen molar-refractivity contribution in [3.05, 3.63) is 35.4 Å². The van der Waals surface area contributed by atoms with Gasteiger partial charge in [0.1, 0.15) is 5.78 Å². The van der Waals surface area contributed by atoms with Gasteiger partial charge in [0.05, 0.1) is 12.5 Å². The summed E-state index contributed by atoms with van der Waals surface area (Å²) in [4.78, 5) is 22.8. The van der Waals surface area contributed by atoms with Crippen molar-refractivity contribution in [2.45, 2.75) is 51.6 Å². The summed E-state index contributed by atoms with van der Waals surface area (Å²) < 4.78 is 34.1. The van der Waals surface area contributed by atoms with Crippen LogP contribution in [0.2, 0.25) is 0 Å². The molecule has 1 saturated carbocycles. The van der Waals surface area contributed by atoms with Gasteiger partial charge in [0, 0.05) is 12.8 Å². The van der Waals surface area contributed by atoms with Gasteiger partial charge in [-0.15, -0.1) is 0 Å². The van der Waals surface area contributed by atoms with Crippen molar-refractivity contribution in [2.75, 3.05) is 6.61 Å². The van der Waals surface area contributed by atoms with Gasteiger partial charge < -0.3 is 4.74 Å². The fourth-order valence-electron chi connectivity index (χ4n) is 2.51. The van der Waals surface area contributed by atoms with Crippen molar-refractivity contribution in [1.29, 1.82) is 0 Å². The monoisotopic (exact) mass is 330 g/mol. The smallest absolute Gasteiger partial charge is 0.379 e. The van der Waals surface area contributed by atoms with Crippen molar-refractivity contribution in [3.63, 3.8) is 0 Å². The lowest BCUT2D eigenvalue weighted by Crippen LogP contribution is -2.21. The van der Waals surface area contributed by atoms with Gasteiger partial charge in [0.2, 0.25) is 0 Å². The molecule has 2 rings (SSSR count). The molecule has 0 heterocycles. The van der Waals surface area contributed by atoms with E-state index in [2.05, 4.69) is 0 Å². The van der Waals surface area contributed by atoms with Crippen molar-refractivity contribution < 1.29 is 27.5 Å². The zero-order chi connectivity index (χ0) is 17.4. The first kappa shape index (κ1) is 19.2. The Hall–Kier alpha value is -1.85. The number of hydrogen-bond donors (Lipinski definition) is 0. The molecule has 0 amide bonds. The molecule has 1 aliphatic rings. The van der Waals surface area contributed by atoms with E-state index in [0.717, 1.165) is 12.0 Å². The zero-order valence-corrected chi connectivity index (χ0v) is 13.2. The molecular formula is C17H21F3O3. The molecule has 1 aromatic rings. The first-order valence-electron chi connectivity index (χ1n) is 7.59. The Morgan fingerprint density at radius 1 is 1.17 bits per heavy atom. The fourth-order valence-corrected chi connectivity index (χ4v) is 2.51. The minimum absolute atomic E-state index is 0.156. The molecule has 1 aliphatic carbocycles. The lowest BCUT2D eigenvalue weighted by Gasteiger charge is -2.25. The van der Waals surface area contributed by atoms with Gasteiger partial charge in [0.15, 0.2) is 0 Å². The maximum Gasteiger partial charge on any atom is 0.379 e. The predicted molar refractivity (Wildman–Crippen MR) is 80.2 cm³/mol. The first-order chi connectivity index (χ1) is 10.9. The van der Waals surface area contributed by atoms with E-state index in [0.29, 0.717) is 31.1 Å². The average Bonchev–Trinajstić information content (AvgIpc) is 2.45. The number of hydrogen-bond acceptors (Lipinski definition) is 3. The maximum atomic E-state index is 11.8. The minimum Gasteiger partial charge on any atom is -0.466 e. The summed E-state index contributed by atoms with van der Waals surface area (Å²) >= 11 is 0. The van der Waals surface area contributed by atoms with Crippen molar-refractivity contribution in [2.24, 2.45) is 0 Å². The SMILES string of the molecule is CCOC(=O)C(CC)c1ccc(C2CC(=O)C2)cc1.FC(F)F. The Morgan fingerprint density at radius 2 is 1.70 bits per heavy atom. The van der Waals surface area contributed by atoms with Crippen molar-refractivity contribution in [3.8, 4) is 0 Å². The van der Waals surface area contributed by atoms with Gasteiger partial charge in [-0.3, -0.25) is 9.59 Å². The number of esters is 1. The summed E-state index contributed by atoms with van der Waals surface area (Å²) in [5, 5.41) is 0.